The Morgan fingerprint density at radius 3 is 2.88 bits per heavy atom. The number of primary amides is 1. The van der Waals surface area contributed by atoms with Crippen LogP contribution in [0.15, 0.2) is 9.98 Å². The third kappa shape index (κ3) is 3.93. The van der Waals surface area contributed by atoms with Crippen molar-refractivity contribution in [3.05, 3.63) is 9.98 Å². The summed E-state index contributed by atoms with van der Waals surface area (Å²) in [6.45, 7) is 2.19. The molecule has 0 atom stereocenters. The number of halogens is 1. The molecule has 5 nitrogen and oxygen atoms in total. The highest BCUT2D eigenvalue weighted by Crippen LogP contribution is 2.22. The number of nitrogens with two attached hydrogens (primary N) is 1. The van der Waals surface area contributed by atoms with Crippen molar-refractivity contribution >= 4 is 38.3 Å². The minimum Gasteiger partial charge on any atom is -0.369 e. The van der Waals surface area contributed by atoms with Gasteiger partial charge in [0.15, 0.2) is 5.13 Å². The standard InChI is InChI=1S/C10H15BrN4OS/c11-8-6-17-10(14-8)13-7-1-3-15(4-2-7)5-9(12)16/h6-7H,1-5H2,(H2,12,16)(H,13,14). The van der Waals surface area contributed by atoms with Crippen LogP contribution in [0.1, 0.15) is 12.8 Å². The molecule has 2 heterocycles. The normalized spacial score (nSPS) is 18.2. The second kappa shape index (κ2) is 5.79. The Bertz CT molecular complexity index is 389. The first kappa shape index (κ1) is 12.8. The Balaban J connectivity index is 1.77. The van der Waals surface area contributed by atoms with Crippen LogP contribution in [0.2, 0.25) is 0 Å². The molecule has 1 aliphatic heterocycles. The van der Waals surface area contributed by atoms with Crippen LogP contribution in [0.5, 0.6) is 0 Å². The molecule has 0 radical (unpaired) electrons. The van der Waals surface area contributed by atoms with E-state index in [2.05, 4.69) is 31.1 Å². The first-order valence-electron chi connectivity index (χ1n) is 5.51. The van der Waals surface area contributed by atoms with Crippen LogP contribution < -0.4 is 11.1 Å². The zero-order valence-corrected chi connectivity index (χ0v) is 11.8. The van der Waals surface area contributed by atoms with Crippen molar-refractivity contribution in [3.8, 4) is 0 Å². The van der Waals surface area contributed by atoms with Crippen molar-refractivity contribution in [3.63, 3.8) is 0 Å². The van der Waals surface area contributed by atoms with Crippen molar-refractivity contribution in [2.45, 2.75) is 18.9 Å². The Morgan fingerprint density at radius 1 is 1.65 bits per heavy atom. The van der Waals surface area contributed by atoms with E-state index in [0.29, 0.717) is 12.6 Å². The van der Waals surface area contributed by atoms with Crippen molar-refractivity contribution in [1.29, 1.82) is 0 Å². The lowest BCUT2D eigenvalue weighted by Crippen LogP contribution is -2.42. The molecule has 0 aliphatic carbocycles. The summed E-state index contributed by atoms with van der Waals surface area (Å²) in [5, 5.41) is 6.32. The lowest BCUT2D eigenvalue weighted by Gasteiger charge is -2.31. The summed E-state index contributed by atoms with van der Waals surface area (Å²) in [6, 6.07) is 0.442. The Kier molecular flexibility index (Phi) is 4.36. The number of amides is 1. The van der Waals surface area contributed by atoms with Crippen LogP contribution in [0, 0.1) is 0 Å². The molecule has 0 spiro atoms. The van der Waals surface area contributed by atoms with Gasteiger partial charge in [-0.25, -0.2) is 4.98 Å². The molecule has 0 saturated carbocycles. The number of hydrogen-bond donors (Lipinski definition) is 2. The van der Waals surface area contributed by atoms with E-state index < -0.39 is 0 Å². The quantitative estimate of drug-likeness (QED) is 0.877. The molecule has 0 unspecified atom stereocenters. The van der Waals surface area contributed by atoms with Crippen LogP contribution >= 0.6 is 27.3 Å². The maximum atomic E-state index is 10.8. The van der Waals surface area contributed by atoms with Crippen LogP contribution in [0.3, 0.4) is 0 Å². The average molecular weight is 319 g/mol. The number of carbonyl (C=O) groups excluding carboxylic acids is 1. The minimum absolute atomic E-state index is 0.250. The molecule has 0 aromatic carbocycles. The molecular formula is C10H15BrN4OS. The highest BCUT2D eigenvalue weighted by Gasteiger charge is 2.20. The van der Waals surface area contributed by atoms with Gasteiger partial charge in [0.1, 0.15) is 4.60 Å². The number of thiazole rings is 1. The van der Waals surface area contributed by atoms with E-state index in [1.165, 1.54) is 0 Å². The lowest BCUT2D eigenvalue weighted by atomic mass is 10.1. The van der Waals surface area contributed by atoms with Crippen molar-refractivity contribution < 1.29 is 4.79 Å². The molecule has 1 saturated heterocycles. The smallest absolute Gasteiger partial charge is 0.231 e. The van der Waals surface area contributed by atoms with Gasteiger partial charge >= 0.3 is 0 Å². The zero-order valence-electron chi connectivity index (χ0n) is 9.36. The van der Waals surface area contributed by atoms with Gasteiger partial charge in [0.05, 0.1) is 6.54 Å². The second-order valence-corrected chi connectivity index (χ2v) is 5.81. The number of nitrogens with one attached hydrogen (secondary N) is 1. The Morgan fingerprint density at radius 2 is 2.35 bits per heavy atom. The van der Waals surface area contributed by atoms with Crippen LogP contribution in [-0.4, -0.2) is 41.5 Å². The monoisotopic (exact) mass is 318 g/mol. The fourth-order valence-corrected chi connectivity index (χ4v) is 3.17. The van der Waals surface area contributed by atoms with E-state index in [-0.39, 0.29) is 5.91 Å². The van der Waals surface area contributed by atoms with Gasteiger partial charge in [0.2, 0.25) is 5.91 Å². The zero-order chi connectivity index (χ0) is 12.3. The molecule has 1 amide bonds. The third-order valence-electron chi connectivity index (χ3n) is 2.77. The van der Waals surface area contributed by atoms with E-state index in [4.69, 9.17) is 5.73 Å². The molecule has 1 aromatic rings. The van der Waals surface area contributed by atoms with Crippen LogP contribution in [0.4, 0.5) is 5.13 Å². The first-order chi connectivity index (χ1) is 8.13. The highest BCUT2D eigenvalue weighted by atomic mass is 79.9. The van der Waals surface area contributed by atoms with E-state index in [9.17, 15) is 4.79 Å². The number of likely N-dealkylation sites (tertiary alicyclic amines) is 1. The van der Waals surface area contributed by atoms with Gasteiger partial charge in [-0.2, -0.15) is 0 Å². The number of aromatic nitrogens is 1. The average Bonchev–Trinajstić information content (AvgIpc) is 2.66. The number of rotatable bonds is 4. The Hall–Kier alpha value is -0.660. The summed E-state index contributed by atoms with van der Waals surface area (Å²) in [5.74, 6) is -0.250. The lowest BCUT2D eigenvalue weighted by molar-refractivity contribution is -0.119. The molecular weight excluding hydrogens is 304 g/mol. The van der Waals surface area contributed by atoms with E-state index in [1.807, 2.05) is 5.38 Å². The van der Waals surface area contributed by atoms with Gasteiger partial charge < -0.3 is 11.1 Å². The largest absolute Gasteiger partial charge is 0.369 e. The van der Waals surface area contributed by atoms with Gasteiger partial charge in [-0.3, -0.25) is 9.69 Å². The predicted octanol–water partition coefficient (Wildman–Crippen LogP) is 1.27. The maximum Gasteiger partial charge on any atom is 0.231 e. The summed E-state index contributed by atoms with van der Waals surface area (Å²) in [5.41, 5.74) is 5.17. The predicted molar refractivity (Wildman–Crippen MR) is 72.1 cm³/mol. The van der Waals surface area contributed by atoms with Crippen molar-refractivity contribution in [1.82, 2.24) is 9.88 Å². The number of carbonyl (C=O) groups is 1. The first-order valence-corrected chi connectivity index (χ1v) is 7.19. The molecule has 3 N–H and O–H groups in total. The minimum atomic E-state index is -0.250. The van der Waals surface area contributed by atoms with Crippen molar-refractivity contribution in [2.24, 2.45) is 5.73 Å². The molecule has 2 rings (SSSR count). The summed E-state index contributed by atoms with van der Waals surface area (Å²) in [6.07, 6.45) is 2.04. The van der Waals surface area contributed by atoms with Gasteiger partial charge in [-0.05, 0) is 28.8 Å². The SMILES string of the molecule is NC(=O)CN1CCC(Nc2nc(Br)cs2)CC1. The summed E-state index contributed by atoms with van der Waals surface area (Å²) < 4.78 is 0.871. The van der Waals surface area contributed by atoms with Gasteiger partial charge in [0.25, 0.3) is 0 Å². The van der Waals surface area contributed by atoms with Gasteiger partial charge in [0, 0.05) is 24.5 Å². The molecule has 94 valence electrons. The van der Waals surface area contributed by atoms with Crippen molar-refractivity contribution in [2.75, 3.05) is 25.0 Å². The molecule has 0 bridgehead atoms. The molecule has 1 aliphatic rings. The van der Waals surface area contributed by atoms with Gasteiger partial charge in [-0.1, -0.05) is 0 Å². The van der Waals surface area contributed by atoms with Gasteiger partial charge in [-0.15, -0.1) is 11.3 Å². The summed E-state index contributed by atoms with van der Waals surface area (Å²) in [4.78, 5) is 17.2. The number of piperidine rings is 1. The van der Waals surface area contributed by atoms with Crippen LogP contribution in [-0.2, 0) is 4.79 Å². The highest BCUT2D eigenvalue weighted by molar-refractivity contribution is 9.10. The van der Waals surface area contributed by atoms with Crippen LogP contribution in [0.25, 0.3) is 0 Å². The number of hydrogen-bond acceptors (Lipinski definition) is 5. The summed E-state index contributed by atoms with van der Waals surface area (Å²) in [7, 11) is 0. The molecule has 1 fully saturated rings. The Labute approximate surface area is 113 Å². The molecule has 1 aromatic heterocycles. The fourth-order valence-electron chi connectivity index (χ4n) is 1.95. The van der Waals surface area contributed by atoms with E-state index in [0.717, 1.165) is 35.7 Å². The molecule has 7 heteroatoms. The number of anilines is 1. The molecule has 17 heavy (non-hydrogen) atoms. The summed E-state index contributed by atoms with van der Waals surface area (Å²) >= 11 is 4.93. The van der Waals surface area contributed by atoms with E-state index >= 15 is 0 Å². The second-order valence-electron chi connectivity index (χ2n) is 4.14. The maximum absolute atomic E-state index is 10.8. The third-order valence-corrected chi connectivity index (χ3v) is 4.25. The fraction of sp³-hybridized carbons (Fsp3) is 0.600. The topological polar surface area (TPSA) is 71.2 Å². The number of nitrogens with zero attached hydrogens (tertiary/aromatic N) is 2. The van der Waals surface area contributed by atoms with E-state index in [1.54, 1.807) is 11.3 Å².